The highest BCUT2D eigenvalue weighted by Crippen LogP contribution is 2.28. The lowest BCUT2D eigenvalue weighted by molar-refractivity contribution is 0.146. The smallest absolute Gasteiger partial charge is 0.142 e. The first-order valence-corrected chi connectivity index (χ1v) is 8.00. The normalized spacial score (nSPS) is 10.6. The number of hydrogen-bond acceptors (Lipinski definition) is 4. The van der Waals surface area contributed by atoms with E-state index in [0.29, 0.717) is 13.2 Å². The summed E-state index contributed by atoms with van der Waals surface area (Å²) in [5.74, 6) is 0.873. The minimum Gasteiger partial charge on any atom is -0.489 e. The zero-order valence-corrected chi connectivity index (χ0v) is 14.0. The van der Waals surface area contributed by atoms with Crippen LogP contribution in [0.4, 0.5) is 5.69 Å². The van der Waals surface area contributed by atoms with Gasteiger partial charge in [0, 0.05) is 18.5 Å². The molecule has 20 heavy (non-hydrogen) atoms. The molecule has 0 aliphatic heterocycles. The highest BCUT2D eigenvalue weighted by molar-refractivity contribution is 9.11. The Balaban J connectivity index is 2.01. The highest BCUT2D eigenvalue weighted by Gasteiger charge is 2.05. The van der Waals surface area contributed by atoms with E-state index in [1.54, 1.807) is 18.4 Å². The number of thiophene rings is 1. The van der Waals surface area contributed by atoms with Crippen LogP contribution >= 0.6 is 27.3 Å². The van der Waals surface area contributed by atoms with Gasteiger partial charge in [0.25, 0.3) is 0 Å². The van der Waals surface area contributed by atoms with Crippen molar-refractivity contribution in [1.82, 2.24) is 0 Å². The molecule has 2 aromatic rings. The second-order valence-electron chi connectivity index (χ2n) is 4.40. The van der Waals surface area contributed by atoms with Crippen LogP contribution in [0, 0.1) is 6.92 Å². The van der Waals surface area contributed by atoms with Crippen LogP contribution in [0.5, 0.6) is 5.75 Å². The highest BCUT2D eigenvalue weighted by atomic mass is 79.9. The van der Waals surface area contributed by atoms with Gasteiger partial charge in [-0.05, 0) is 52.7 Å². The van der Waals surface area contributed by atoms with Crippen LogP contribution in [0.25, 0.3) is 0 Å². The Morgan fingerprint density at radius 2 is 2.05 bits per heavy atom. The largest absolute Gasteiger partial charge is 0.489 e. The quantitative estimate of drug-likeness (QED) is 0.744. The Morgan fingerprint density at radius 3 is 2.75 bits per heavy atom. The fourth-order valence-electron chi connectivity index (χ4n) is 1.76. The maximum Gasteiger partial charge on any atom is 0.142 e. The van der Waals surface area contributed by atoms with Crippen molar-refractivity contribution in [3.8, 4) is 5.75 Å². The van der Waals surface area contributed by atoms with Gasteiger partial charge in [-0.15, -0.1) is 11.3 Å². The van der Waals surface area contributed by atoms with Gasteiger partial charge in [-0.25, -0.2) is 0 Å². The molecule has 0 atom stereocenters. The summed E-state index contributed by atoms with van der Waals surface area (Å²) in [5, 5.41) is 3.42. The van der Waals surface area contributed by atoms with Crippen molar-refractivity contribution in [2.45, 2.75) is 13.5 Å². The summed E-state index contributed by atoms with van der Waals surface area (Å²) in [4.78, 5) is 1.28. The Morgan fingerprint density at radius 1 is 1.20 bits per heavy atom. The standard InChI is InChI=1S/C15H18BrNO2S/c1-11-3-5-13(14(9-11)19-8-7-18-2)17-10-12-4-6-15(16)20-12/h3-6,9,17H,7-8,10H2,1-2H3. The van der Waals surface area contributed by atoms with Gasteiger partial charge in [0.2, 0.25) is 0 Å². The number of aryl methyl sites for hydroxylation is 1. The average molecular weight is 356 g/mol. The molecule has 0 aliphatic carbocycles. The first kappa shape index (κ1) is 15.4. The van der Waals surface area contributed by atoms with Crippen LogP contribution in [0.15, 0.2) is 34.1 Å². The van der Waals surface area contributed by atoms with E-state index in [-0.39, 0.29) is 0 Å². The first-order chi connectivity index (χ1) is 9.69. The maximum atomic E-state index is 5.76. The minimum absolute atomic E-state index is 0.555. The van der Waals surface area contributed by atoms with Crippen molar-refractivity contribution >= 4 is 33.0 Å². The van der Waals surface area contributed by atoms with Gasteiger partial charge < -0.3 is 14.8 Å². The van der Waals surface area contributed by atoms with Crippen molar-refractivity contribution < 1.29 is 9.47 Å². The summed E-state index contributed by atoms with van der Waals surface area (Å²) in [6.07, 6.45) is 0. The van der Waals surface area contributed by atoms with E-state index in [1.807, 2.05) is 6.07 Å². The third-order valence-corrected chi connectivity index (χ3v) is 4.39. The lowest BCUT2D eigenvalue weighted by Gasteiger charge is -2.13. The Bertz CT molecular complexity index is 557. The number of rotatable bonds is 7. The molecular formula is C15H18BrNO2S. The number of ether oxygens (including phenoxy) is 2. The van der Waals surface area contributed by atoms with Crippen LogP contribution < -0.4 is 10.1 Å². The number of hydrogen-bond donors (Lipinski definition) is 1. The van der Waals surface area contributed by atoms with Crippen LogP contribution in [0.2, 0.25) is 0 Å². The molecule has 2 rings (SSSR count). The molecule has 1 aromatic carbocycles. The van der Waals surface area contributed by atoms with Gasteiger partial charge >= 0.3 is 0 Å². The molecule has 0 radical (unpaired) electrons. The Hall–Kier alpha value is -1.04. The van der Waals surface area contributed by atoms with Gasteiger partial charge in [0.05, 0.1) is 16.1 Å². The van der Waals surface area contributed by atoms with Crippen molar-refractivity contribution in [2.24, 2.45) is 0 Å². The summed E-state index contributed by atoms with van der Waals surface area (Å²) < 4.78 is 11.9. The van der Waals surface area contributed by atoms with Gasteiger partial charge in [0.15, 0.2) is 0 Å². The maximum absolute atomic E-state index is 5.76. The fraction of sp³-hybridized carbons (Fsp3) is 0.333. The minimum atomic E-state index is 0.555. The topological polar surface area (TPSA) is 30.5 Å². The van der Waals surface area contributed by atoms with Crippen molar-refractivity contribution in [3.63, 3.8) is 0 Å². The number of halogens is 1. The Labute approximate surface area is 132 Å². The molecule has 108 valence electrons. The van der Waals surface area contributed by atoms with Gasteiger partial charge in [-0.3, -0.25) is 0 Å². The first-order valence-electron chi connectivity index (χ1n) is 6.39. The van der Waals surface area contributed by atoms with E-state index < -0.39 is 0 Å². The summed E-state index contributed by atoms with van der Waals surface area (Å²) in [6.45, 7) is 3.99. The van der Waals surface area contributed by atoms with E-state index in [0.717, 1.165) is 21.8 Å². The molecule has 0 fully saturated rings. The summed E-state index contributed by atoms with van der Waals surface area (Å²) in [5.41, 5.74) is 2.19. The van der Waals surface area contributed by atoms with Crippen LogP contribution in [-0.4, -0.2) is 20.3 Å². The second-order valence-corrected chi connectivity index (χ2v) is 6.95. The predicted octanol–water partition coefficient (Wildman–Crippen LogP) is 4.46. The SMILES string of the molecule is COCCOc1cc(C)ccc1NCc1ccc(Br)s1. The predicted molar refractivity (Wildman–Crippen MR) is 87.9 cm³/mol. The second kappa shape index (κ2) is 7.67. The van der Waals surface area contributed by atoms with Crippen LogP contribution in [0.3, 0.4) is 0 Å². The summed E-state index contributed by atoms with van der Waals surface area (Å²) in [6, 6.07) is 10.4. The molecule has 1 N–H and O–H groups in total. The van der Waals surface area contributed by atoms with E-state index in [2.05, 4.69) is 52.4 Å². The molecule has 0 saturated heterocycles. The van der Waals surface area contributed by atoms with Gasteiger partial charge in [-0.2, -0.15) is 0 Å². The number of benzene rings is 1. The number of anilines is 1. The third-order valence-electron chi connectivity index (χ3n) is 2.76. The lowest BCUT2D eigenvalue weighted by atomic mass is 10.2. The molecule has 0 saturated carbocycles. The van der Waals surface area contributed by atoms with E-state index in [9.17, 15) is 0 Å². The van der Waals surface area contributed by atoms with E-state index in [1.165, 1.54) is 10.4 Å². The summed E-state index contributed by atoms with van der Waals surface area (Å²) >= 11 is 5.21. The fourth-order valence-corrected chi connectivity index (χ4v) is 3.18. The van der Waals surface area contributed by atoms with Crippen molar-refractivity contribution in [3.05, 3.63) is 44.6 Å². The lowest BCUT2D eigenvalue weighted by Crippen LogP contribution is -2.07. The molecule has 3 nitrogen and oxygen atoms in total. The average Bonchev–Trinajstić information content (AvgIpc) is 2.84. The number of nitrogens with one attached hydrogen (secondary N) is 1. The molecule has 1 aromatic heterocycles. The molecule has 5 heteroatoms. The molecular weight excluding hydrogens is 338 g/mol. The van der Waals surface area contributed by atoms with Crippen molar-refractivity contribution in [2.75, 3.05) is 25.6 Å². The Kier molecular flexibility index (Phi) is 5.88. The zero-order valence-electron chi connectivity index (χ0n) is 11.6. The zero-order chi connectivity index (χ0) is 14.4. The summed E-state index contributed by atoms with van der Waals surface area (Å²) in [7, 11) is 1.67. The van der Waals surface area contributed by atoms with E-state index in [4.69, 9.17) is 9.47 Å². The molecule has 0 unspecified atom stereocenters. The van der Waals surface area contributed by atoms with Crippen LogP contribution in [-0.2, 0) is 11.3 Å². The van der Waals surface area contributed by atoms with Gasteiger partial charge in [-0.1, -0.05) is 6.07 Å². The molecule has 0 bridgehead atoms. The van der Waals surface area contributed by atoms with E-state index >= 15 is 0 Å². The molecule has 0 amide bonds. The number of methoxy groups -OCH3 is 1. The third kappa shape index (κ3) is 4.51. The monoisotopic (exact) mass is 355 g/mol. The van der Waals surface area contributed by atoms with Gasteiger partial charge in [0.1, 0.15) is 12.4 Å². The molecule has 1 heterocycles. The van der Waals surface area contributed by atoms with Crippen LogP contribution in [0.1, 0.15) is 10.4 Å². The van der Waals surface area contributed by atoms with Crippen molar-refractivity contribution in [1.29, 1.82) is 0 Å². The molecule has 0 spiro atoms. The molecule has 0 aliphatic rings.